The SMILES string of the molecule is CC(CC1CCCN1)NC(CO)C(C)C. The molecule has 0 radical (unpaired) electrons. The largest absolute Gasteiger partial charge is 0.395 e. The van der Waals surface area contributed by atoms with Gasteiger partial charge in [0.15, 0.2) is 0 Å². The molecule has 0 bridgehead atoms. The van der Waals surface area contributed by atoms with Crippen LogP contribution in [0.3, 0.4) is 0 Å². The Morgan fingerprint density at radius 3 is 2.60 bits per heavy atom. The highest BCUT2D eigenvalue weighted by atomic mass is 16.3. The van der Waals surface area contributed by atoms with E-state index in [4.69, 9.17) is 0 Å². The minimum Gasteiger partial charge on any atom is -0.395 e. The Hall–Kier alpha value is -0.120. The van der Waals surface area contributed by atoms with E-state index >= 15 is 0 Å². The van der Waals surface area contributed by atoms with Crippen molar-refractivity contribution in [2.75, 3.05) is 13.2 Å². The fraction of sp³-hybridized carbons (Fsp3) is 1.00. The number of aliphatic hydroxyl groups excluding tert-OH is 1. The van der Waals surface area contributed by atoms with Gasteiger partial charge in [-0.25, -0.2) is 0 Å². The van der Waals surface area contributed by atoms with Crippen molar-refractivity contribution in [2.45, 2.75) is 58.2 Å². The second kappa shape index (κ2) is 6.46. The molecule has 1 heterocycles. The minimum absolute atomic E-state index is 0.236. The van der Waals surface area contributed by atoms with Crippen LogP contribution in [0.15, 0.2) is 0 Å². The lowest BCUT2D eigenvalue weighted by Crippen LogP contribution is -2.44. The molecule has 0 amide bonds. The number of hydrogen-bond donors (Lipinski definition) is 3. The molecule has 0 aromatic heterocycles. The third-order valence-electron chi connectivity index (χ3n) is 3.30. The van der Waals surface area contributed by atoms with E-state index in [-0.39, 0.29) is 12.6 Å². The average molecular weight is 214 g/mol. The Balaban J connectivity index is 2.23. The number of aliphatic hydroxyl groups is 1. The van der Waals surface area contributed by atoms with Crippen LogP contribution in [-0.2, 0) is 0 Å². The molecule has 0 aromatic rings. The quantitative estimate of drug-likeness (QED) is 0.621. The zero-order valence-electron chi connectivity index (χ0n) is 10.3. The van der Waals surface area contributed by atoms with E-state index in [9.17, 15) is 5.11 Å². The van der Waals surface area contributed by atoms with Gasteiger partial charge in [-0.05, 0) is 38.6 Å². The maximum atomic E-state index is 9.23. The van der Waals surface area contributed by atoms with Crippen molar-refractivity contribution in [3.63, 3.8) is 0 Å². The van der Waals surface area contributed by atoms with Crippen molar-refractivity contribution < 1.29 is 5.11 Å². The summed E-state index contributed by atoms with van der Waals surface area (Å²) >= 11 is 0. The third kappa shape index (κ3) is 4.49. The smallest absolute Gasteiger partial charge is 0.0587 e. The standard InChI is InChI=1S/C12H26N2O/c1-9(2)12(8-15)14-10(3)7-11-5-4-6-13-11/h9-15H,4-8H2,1-3H3. The van der Waals surface area contributed by atoms with Crippen molar-refractivity contribution in [2.24, 2.45) is 5.92 Å². The van der Waals surface area contributed by atoms with Crippen molar-refractivity contribution in [1.82, 2.24) is 10.6 Å². The summed E-state index contributed by atoms with van der Waals surface area (Å²) in [6, 6.07) is 1.40. The van der Waals surface area contributed by atoms with E-state index in [0.717, 1.165) is 0 Å². The summed E-state index contributed by atoms with van der Waals surface area (Å²) in [5.41, 5.74) is 0. The molecule has 1 rings (SSSR count). The first kappa shape index (κ1) is 12.9. The highest BCUT2D eigenvalue weighted by Crippen LogP contribution is 2.12. The molecular formula is C12H26N2O. The van der Waals surface area contributed by atoms with Crippen molar-refractivity contribution in [1.29, 1.82) is 0 Å². The zero-order chi connectivity index (χ0) is 11.3. The van der Waals surface area contributed by atoms with Crippen molar-refractivity contribution >= 4 is 0 Å². The lowest BCUT2D eigenvalue weighted by Gasteiger charge is -2.26. The summed E-state index contributed by atoms with van der Waals surface area (Å²) in [5.74, 6) is 0.494. The second-order valence-corrected chi connectivity index (χ2v) is 5.13. The Kier molecular flexibility index (Phi) is 5.58. The zero-order valence-corrected chi connectivity index (χ0v) is 10.3. The van der Waals surface area contributed by atoms with E-state index < -0.39 is 0 Å². The Morgan fingerprint density at radius 1 is 1.40 bits per heavy atom. The van der Waals surface area contributed by atoms with E-state index in [2.05, 4.69) is 31.4 Å². The summed E-state index contributed by atoms with van der Waals surface area (Å²) in [5, 5.41) is 16.2. The summed E-state index contributed by atoms with van der Waals surface area (Å²) in [6.45, 7) is 7.92. The summed E-state index contributed by atoms with van der Waals surface area (Å²) in [6.07, 6.45) is 3.78. The molecule has 3 heteroatoms. The lowest BCUT2D eigenvalue weighted by atomic mass is 10.0. The first-order valence-electron chi connectivity index (χ1n) is 6.23. The molecule has 0 aromatic carbocycles. The van der Waals surface area contributed by atoms with Crippen LogP contribution < -0.4 is 10.6 Å². The molecule has 1 aliphatic heterocycles. The van der Waals surface area contributed by atoms with Gasteiger partial charge in [0, 0.05) is 18.1 Å². The van der Waals surface area contributed by atoms with Gasteiger partial charge >= 0.3 is 0 Å². The number of nitrogens with one attached hydrogen (secondary N) is 2. The Bertz CT molecular complexity index is 167. The van der Waals surface area contributed by atoms with Gasteiger partial charge in [0.2, 0.25) is 0 Å². The maximum Gasteiger partial charge on any atom is 0.0587 e. The summed E-state index contributed by atoms with van der Waals surface area (Å²) < 4.78 is 0. The average Bonchev–Trinajstić information content (AvgIpc) is 2.66. The highest BCUT2D eigenvalue weighted by molar-refractivity contribution is 4.81. The van der Waals surface area contributed by atoms with Crippen LogP contribution in [0.2, 0.25) is 0 Å². The Labute approximate surface area is 93.6 Å². The van der Waals surface area contributed by atoms with Crippen LogP contribution in [0.25, 0.3) is 0 Å². The van der Waals surface area contributed by atoms with Crippen LogP contribution in [0.4, 0.5) is 0 Å². The van der Waals surface area contributed by atoms with Gasteiger partial charge in [-0.15, -0.1) is 0 Å². The predicted octanol–water partition coefficient (Wildman–Crippen LogP) is 1.12. The molecule has 90 valence electrons. The van der Waals surface area contributed by atoms with Gasteiger partial charge in [-0.3, -0.25) is 0 Å². The van der Waals surface area contributed by atoms with Crippen molar-refractivity contribution in [3.8, 4) is 0 Å². The normalized spacial score (nSPS) is 25.8. The molecule has 0 aliphatic carbocycles. The van der Waals surface area contributed by atoms with Crippen molar-refractivity contribution in [3.05, 3.63) is 0 Å². The second-order valence-electron chi connectivity index (χ2n) is 5.13. The fourth-order valence-electron chi connectivity index (χ4n) is 2.27. The minimum atomic E-state index is 0.236. The molecule has 3 nitrogen and oxygen atoms in total. The molecule has 0 saturated carbocycles. The molecule has 1 aliphatic rings. The van der Waals surface area contributed by atoms with Crippen LogP contribution in [-0.4, -0.2) is 36.4 Å². The molecule has 1 saturated heterocycles. The summed E-state index contributed by atoms with van der Waals surface area (Å²) in [7, 11) is 0. The number of hydrogen-bond acceptors (Lipinski definition) is 3. The summed E-state index contributed by atoms with van der Waals surface area (Å²) in [4.78, 5) is 0. The van der Waals surface area contributed by atoms with Gasteiger partial charge in [-0.2, -0.15) is 0 Å². The molecule has 1 fully saturated rings. The van der Waals surface area contributed by atoms with E-state index in [0.29, 0.717) is 18.0 Å². The molecule has 3 atom stereocenters. The molecule has 3 N–H and O–H groups in total. The van der Waals surface area contributed by atoms with E-state index in [1.54, 1.807) is 0 Å². The molecule has 0 spiro atoms. The number of rotatable bonds is 6. The van der Waals surface area contributed by atoms with Gasteiger partial charge < -0.3 is 15.7 Å². The first-order chi connectivity index (χ1) is 7.13. The first-order valence-corrected chi connectivity index (χ1v) is 6.23. The third-order valence-corrected chi connectivity index (χ3v) is 3.30. The predicted molar refractivity (Wildman–Crippen MR) is 64.0 cm³/mol. The molecule has 15 heavy (non-hydrogen) atoms. The van der Waals surface area contributed by atoms with E-state index in [1.807, 2.05) is 0 Å². The van der Waals surface area contributed by atoms with Crippen LogP contribution in [0.5, 0.6) is 0 Å². The monoisotopic (exact) mass is 214 g/mol. The maximum absolute atomic E-state index is 9.23. The highest BCUT2D eigenvalue weighted by Gasteiger charge is 2.20. The van der Waals surface area contributed by atoms with Crippen LogP contribution in [0.1, 0.15) is 40.0 Å². The van der Waals surface area contributed by atoms with Gasteiger partial charge in [0.1, 0.15) is 0 Å². The molecule has 3 unspecified atom stereocenters. The lowest BCUT2D eigenvalue weighted by molar-refractivity contribution is 0.197. The van der Waals surface area contributed by atoms with Crippen LogP contribution in [0, 0.1) is 5.92 Å². The van der Waals surface area contributed by atoms with Crippen LogP contribution >= 0.6 is 0 Å². The Morgan fingerprint density at radius 2 is 2.13 bits per heavy atom. The van der Waals surface area contributed by atoms with Gasteiger partial charge in [0.05, 0.1) is 6.61 Å². The molecular weight excluding hydrogens is 188 g/mol. The van der Waals surface area contributed by atoms with Gasteiger partial charge in [-0.1, -0.05) is 13.8 Å². The topological polar surface area (TPSA) is 44.3 Å². The fourth-order valence-corrected chi connectivity index (χ4v) is 2.27. The van der Waals surface area contributed by atoms with E-state index in [1.165, 1.54) is 25.8 Å². The van der Waals surface area contributed by atoms with Gasteiger partial charge in [0.25, 0.3) is 0 Å².